The zero-order valence-corrected chi connectivity index (χ0v) is 10.5. The van der Waals surface area contributed by atoms with Crippen LogP contribution in [0.2, 0.25) is 0 Å². The molecule has 98 valence electrons. The Balaban J connectivity index is 1.81. The van der Waals surface area contributed by atoms with Gasteiger partial charge in [0, 0.05) is 0 Å². The van der Waals surface area contributed by atoms with Crippen LogP contribution in [0.4, 0.5) is 5.82 Å². The van der Waals surface area contributed by atoms with Crippen molar-refractivity contribution >= 4 is 11.5 Å². The summed E-state index contributed by atoms with van der Waals surface area (Å²) in [6.45, 7) is 4.15. The normalized spacial score (nSPS) is 11.1. The highest BCUT2D eigenvalue weighted by molar-refractivity contribution is 5.42. The lowest BCUT2D eigenvalue weighted by atomic mass is 10.4. The van der Waals surface area contributed by atoms with E-state index in [9.17, 15) is 4.79 Å². The predicted octanol–water partition coefficient (Wildman–Crippen LogP) is 0.635. The highest BCUT2D eigenvalue weighted by Gasteiger charge is 2.06. The van der Waals surface area contributed by atoms with Gasteiger partial charge in [-0.1, -0.05) is 0 Å². The number of aromatic nitrogens is 5. The van der Waals surface area contributed by atoms with Crippen molar-refractivity contribution in [3.05, 3.63) is 40.0 Å². The van der Waals surface area contributed by atoms with Crippen molar-refractivity contribution < 1.29 is 4.42 Å². The number of hydrogen-bond donors (Lipinski definition) is 2. The Hall–Kier alpha value is -2.64. The summed E-state index contributed by atoms with van der Waals surface area (Å²) in [5, 5.41) is 13.3. The quantitative estimate of drug-likeness (QED) is 0.716. The van der Waals surface area contributed by atoms with Crippen LogP contribution in [-0.4, -0.2) is 24.8 Å². The van der Waals surface area contributed by atoms with E-state index < -0.39 is 0 Å². The maximum atomic E-state index is 11.4. The SMILES string of the molecule is Cc1nc(CNc2ccc3n[nH]c(=O)n3n2)oc1C. The zero-order chi connectivity index (χ0) is 13.4. The molecule has 3 heterocycles. The van der Waals surface area contributed by atoms with Crippen LogP contribution in [0.15, 0.2) is 21.3 Å². The van der Waals surface area contributed by atoms with Crippen molar-refractivity contribution in [3.8, 4) is 0 Å². The lowest BCUT2D eigenvalue weighted by Gasteiger charge is -2.01. The third kappa shape index (κ3) is 2.07. The third-order valence-electron chi connectivity index (χ3n) is 2.77. The maximum absolute atomic E-state index is 11.4. The summed E-state index contributed by atoms with van der Waals surface area (Å²) in [6.07, 6.45) is 0. The molecule has 19 heavy (non-hydrogen) atoms. The molecule has 0 saturated carbocycles. The van der Waals surface area contributed by atoms with Gasteiger partial charge in [0.15, 0.2) is 5.65 Å². The molecule has 0 fully saturated rings. The van der Waals surface area contributed by atoms with Gasteiger partial charge in [-0.05, 0) is 26.0 Å². The van der Waals surface area contributed by atoms with Gasteiger partial charge in [0.1, 0.15) is 11.6 Å². The molecule has 0 radical (unpaired) electrons. The fourth-order valence-corrected chi connectivity index (χ4v) is 1.68. The van der Waals surface area contributed by atoms with Gasteiger partial charge in [-0.15, -0.1) is 5.10 Å². The fraction of sp³-hybridized carbons (Fsp3) is 0.273. The van der Waals surface area contributed by atoms with Gasteiger partial charge >= 0.3 is 5.69 Å². The first-order valence-electron chi connectivity index (χ1n) is 5.75. The van der Waals surface area contributed by atoms with E-state index in [0.29, 0.717) is 23.9 Å². The van der Waals surface area contributed by atoms with E-state index in [4.69, 9.17) is 4.42 Å². The van der Waals surface area contributed by atoms with Crippen LogP contribution in [0.3, 0.4) is 0 Å². The largest absolute Gasteiger partial charge is 0.444 e. The van der Waals surface area contributed by atoms with Crippen molar-refractivity contribution in [1.82, 2.24) is 24.8 Å². The summed E-state index contributed by atoms with van der Waals surface area (Å²) in [4.78, 5) is 15.6. The standard InChI is InChI=1S/C11H12N6O2/c1-6-7(2)19-10(13-6)5-12-8-3-4-9-14-15-11(18)17(9)16-8/h3-4H,5H2,1-2H3,(H,12,16)(H,15,18). The molecule has 3 aromatic heterocycles. The second-order valence-electron chi connectivity index (χ2n) is 4.12. The Morgan fingerprint density at radius 1 is 1.42 bits per heavy atom. The highest BCUT2D eigenvalue weighted by atomic mass is 16.4. The highest BCUT2D eigenvalue weighted by Crippen LogP contribution is 2.10. The average Bonchev–Trinajstić information content (AvgIpc) is 2.92. The molecule has 0 aliphatic rings. The number of H-pyrrole nitrogens is 1. The van der Waals surface area contributed by atoms with E-state index in [2.05, 4.69) is 25.6 Å². The number of oxazole rings is 1. The molecule has 8 heteroatoms. The van der Waals surface area contributed by atoms with Gasteiger partial charge in [0.25, 0.3) is 0 Å². The van der Waals surface area contributed by atoms with E-state index in [1.165, 1.54) is 4.52 Å². The molecule has 0 aliphatic heterocycles. The van der Waals surface area contributed by atoms with E-state index in [1.54, 1.807) is 12.1 Å². The van der Waals surface area contributed by atoms with Crippen LogP contribution in [0.25, 0.3) is 5.65 Å². The van der Waals surface area contributed by atoms with Crippen molar-refractivity contribution in [3.63, 3.8) is 0 Å². The van der Waals surface area contributed by atoms with Crippen molar-refractivity contribution in [1.29, 1.82) is 0 Å². The summed E-state index contributed by atoms with van der Waals surface area (Å²) >= 11 is 0. The molecule has 0 aliphatic carbocycles. The molecular weight excluding hydrogens is 248 g/mol. The number of rotatable bonds is 3. The molecule has 0 unspecified atom stereocenters. The van der Waals surface area contributed by atoms with Crippen LogP contribution in [0, 0.1) is 13.8 Å². The molecule has 0 aromatic carbocycles. The molecule has 0 amide bonds. The third-order valence-corrected chi connectivity index (χ3v) is 2.77. The van der Waals surface area contributed by atoms with Gasteiger partial charge in [-0.2, -0.15) is 9.61 Å². The number of nitrogens with zero attached hydrogens (tertiary/aromatic N) is 4. The first-order valence-corrected chi connectivity index (χ1v) is 5.75. The Morgan fingerprint density at radius 2 is 2.26 bits per heavy atom. The van der Waals surface area contributed by atoms with Crippen LogP contribution in [0.5, 0.6) is 0 Å². The minimum absolute atomic E-state index is 0.374. The van der Waals surface area contributed by atoms with Gasteiger partial charge < -0.3 is 9.73 Å². The van der Waals surface area contributed by atoms with Crippen LogP contribution >= 0.6 is 0 Å². The van der Waals surface area contributed by atoms with Crippen molar-refractivity contribution in [2.45, 2.75) is 20.4 Å². The van der Waals surface area contributed by atoms with Crippen molar-refractivity contribution in [2.24, 2.45) is 0 Å². The Bertz CT molecular complexity index is 764. The minimum Gasteiger partial charge on any atom is -0.444 e. The first-order chi connectivity index (χ1) is 9.13. The predicted molar refractivity (Wildman–Crippen MR) is 66.9 cm³/mol. The number of aryl methyl sites for hydroxylation is 2. The maximum Gasteiger partial charge on any atom is 0.364 e. The average molecular weight is 260 g/mol. The smallest absolute Gasteiger partial charge is 0.364 e. The van der Waals surface area contributed by atoms with Crippen LogP contribution in [0.1, 0.15) is 17.3 Å². The van der Waals surface area contributed by atoms with Gasteiger partial charge in [-0.3, -0.25) is 0 Å². The van der Waals surface area contributed by atoms with Crippen molar-refractivity contribution in [2.75, 3.05) is 5.32 Å². The van der Waals surface area contributed by atoms with Gasteiger partial charge in [0.2, 0.25) is 5.89 Å². The molecule has 0 atom stereocenters. The lowest BCUT2D eigenvalue weighted by molar-refractivity contribution is 0.478. The number of nitrogens with one attached hydrogen (secondary N) is 2. The Kier molecular flexibility index (Phi) is 2.55. The van der Waals surface area contributed by atoms with Crippen LogP contribution in [-0.2, 0) is 6.54 Å². The molecule has 0 spiro atoms. The summed E-state index contributed by atoms with van der Waals surface area (Å²) in [5.74, 6) is 1.92. The summed E-state index contributed by atoms with van der Waals surface area (Å²) in [7, 11) is 0. The molecule has 3 aromatic rings. The van der Waals surface area contributed by atoms with E-state index in [-0.39, 0.29) is 5.69 Å². The van der Waals surface area contributed by atoms with E-state index in [1.807, 2.05) is 13.8 Å². The number of aromatic amines is 1. The number of hydrogen-bond acceptors (Lipinski definition) is 6. The van der Waals surface area contributed by atoms with E-state index in [0.717, 1.165) is 11.5 Å². The first kappa shape index (κ1) is 11.5. The Labute approximate surface area is 107 Å². The minimum atomic E-state index is -0.374. The monoisotopic (exact) mass is 260 g/mol. The fourth-order valence-electron chi connectivity index (χ4n) is 1.68. The zero-order valence-electron chi connectivity index (χ0n) is 10.5. The Morgan fingerprint density at radius 3 is 3.00 bits per heavy atom. The molecular formula is C11H12N6O2. The topological polar surface area (TPSA) is 101 Å². The molecule has 8 nitrogen and oxygen atoms in total. The molecule has 3 rings (SSSR count). The molecule has 0 bridgehead atoms. The molecule has 0 saturated heterocycles. The summed E-state index contributed by atoms with van der Waals surface area (Å²) < 4.78 is 6.63. The number of anilines is 1. The van der Waals surface area contributed by atoms with Gasteiger partial charge in [0.05, 0.1) is 12.2 Å². The summed E-state index contributed by atoms with van der Waals surface area (Å²) in [5.41, 5.74) is 0.964. The second-order valence-corrected chi connectivity index (χ2v) is 4.12. The summed E-state index contributed by atoms with van der Waals surface area (Å²) in [6, 6.07) is 3.43. The van der Waals surface area contributed by atoms with Gasteiger partial charge in [-0.25, -0.2) is 14.9 Å². The molecule has 2 N–H and O–H groups in total. The second kappa shape index (κ2) is 4.23. The number of fused-ring (bicyclic) bond motifs is 1. The lowest BCUT2D eigenvalue weighted by Crippen LogP contribution is -2.14. The van der Waals surface area contributed by atoms with Crippen LogP contribution < -0.4 is 11.0 Å². The van der Waals surface area contributed by atoms with E-state index >= 15 is 0 Å².